The van der Waals surface area contributed by atoms with Gasteiger partial charge in [0.25, 0.3) is 11.7 Å². The molecule has 39 heavy (non-hydrogen) atoms. The van der Waals surface area contributed by atoms with Gasteiger partial charge < -0.3 is 9.84 Å². The molecule has 4 rings (SSSR count). The number of hydrogen-bond acceptors (Lipinski definition) is 4. The average molecular weight is 526 g/mol. The van der Waals surface area contributed by atoms with E-state index in [1.54, 1.807) is 6.07 Å². The minimum absolute atomic E-state index is 0.0495. The van der Waals surface area contributed by atoms with Crippen LogP contribution in [-0.4, -0.2) is 23.9 Å². The predicted octanol–water partition coefficient (Wildman–Crippen LogP) is 7.48. The maximum absolute atomic E-state index is 13.7. The van der Waals surface area contributed by atoms with Crippen molar-refractivity contribution in [3.63, 3.8) is 0 Å². The van der Waals surface area contributed by atoms with Gasteiger partial charge in [0.2, 0.25) is 0 Å². The van der Waals surface area contributed by atoms with Gasteiger partial charge in [0.05, 0.1) is 24.3 Å². The van der Waals surface area contributed by atoms with Crippen molar-refractivity contribution >= 4 is 23.1 Å². The molecule has 1 saturated heterocycles. The van der Waals surface area contributed by atoms with Crippen molar-refractivity contribution < 1.29 is 19.4 Å². The maximum Gasteiger partial charge on any atom is 0.300 e. The molecule has 0 aromatic heterocycles. The van der Waals surface area contributed by atoms with E-state index in [-0.39, 0.29) is 22.2 Å². The molecular formula is C34H39NO4. The van der Waals surface area contributed by atoms with Crippen LogP contribution in [0.4, 0.5) is 5.69 Å². The van der Waals surface area contributed by atoms with Crippen LogP contribution in [-0.2, 0) is 26.8 Å². The molecule has 0 radical (unpaired) electrons. The van der Waals surface area contributed by atoms with E-state index in [0.717, 1.165) is 28.7 Å². The molecule has 3 aromatic rings. The van der Waals surface area contributed by atoms with Gasteiger partial charge >= 0.3 is 0 Å². The van der Waals surface area contributed by atoms with Gasteiger partial charge in [-0.15, -0.1) is 0 Å². The summed E-state index contributed by atoms with van der Waals surface area (Å²) in [5.41, 5.74) is 4.77. The van der Waals surface area contributed by atoms with Crippen molar-refractivity contribution in [1.29, 1.82) is 0 Å². The molecule has 1 amide bonds. The summed E-state index contributed by atoms with van der Waals surface area (Å²) < 4.78 is 5.58. The molecule has 1 aliphatic heterocycles. The first-order valence-corrected chi connectivity index (χ1v) is 13.5. The number of carbonyl (C=O) groups is 2. The highest BCUT2D eigenvalue weighted by atomic mass is 16.5. The number of aliphatic hydroxyl groups excluding tert-OH is 1. The summed E-state index contributed by atoms with van der Waals surface area (Å²) in [4.78, 5) is 28.8. The fourth-order valence-electron chi connectivity index (χ4n) is 4.98. The first-order valence-electron chi connectivity index (χ1n) is 13.5. The van der Waals surface area contributed by atoms with E-state index in [1.165, 1.54) is 12.0 Å². The highest BCUT2D eigenvalue weighted by Gasteiger charge is 2.47. The Bertz CT molecular complexity index is 1420. The number of amides is 1. The Morgan fingerprint density at radius 3 is 1.92 bits per heavy atom. The molecule has 1 heterocycles. The van der Waals surface area contributed by atoms with E-state index >= 15 is 0 Å². The predicted molar refractivity (Wildman–Crippen MR) is 157 cm³/mol. The summed E-state index contributed by atoms with van der Waals surface area (Å²) in [5.74, 6) is -1.20. The Morgan fingerprint density at radius 2 is 1.41 bits per heavy atom. The van der Waals surface area contributed by atoms with Gasteiger partial charge in [0.1, 0.15) is 11.5 Å². The molecule has 3 aromatic carbocycles. The standard InChI is InChI=1S/C34H39NO4/c1-9-21-10-12-22(13-11-21)29-28(30(36)26-20-24(34(5,6)7)16-19-27(26)39-8)31(37)32(38)35(29)25-17-14-23(15-18-25)33(2,3)4/h10-20,29,36H,9H2,1-8H3/b30-28+. The van der Waals surface area contributed by atoms with E-state index in [4.69, 9.17) is 4.74 Å². The number of hydrogen-bond donors (Lipinski definition) is 1. The number of ketones is 1. The van der Waals surface area contributed by atoms with E-state index in [0.29, 0.717) is 17.0 Å². The molecule has 0 spiro atoms. The van der Waals surface area contributed by atoms with Crippen molar-refractivity contribution in [2.75, 3.05) is 12.0 Å². The maximum atomic E-state index is 13.7. The smallest absolute Gasteiger partial charge is 0.300 e. The van der Waals surface area contributed by atoms with Crippen molar-refractivity contribution in [2.45, 2.75) is 71.8 Å². The molecule has 204 valence electrons. The molecular weight excluding hydrogens is 486 g/mol. The lowest BCUT2D eigenvalue weighted by atomic mass is 9.85. The van der Waals surface area contributed by atoms with Crippen LogP contribution in [0.15, 0.2) is 72.3 Å². The highest BCUT2D eigenvalue weighted by molar-refractivity contribution is 6.51. The Labute approximate surface area is 232 Å². The van der Waals surface area contributed by atoms with Crippen LogP contribution < -0.4 is 9.64 Å². The Balaban J connectivity index is 1.96. The second kappa shape index (κ2) is 10.4. The third-order valence-corrected chi connectivity index (χ3v) is 7.48. The quantitative estimate of drug-likeness (QED) is 0.213. The van der Waals surface area contributed by atoms with Crippen molar-refractivity contribution in [3.05, 3.63) is 100 Å². The van der Waals surface area contributed by atoms with Crippen LogP contribution in [0.5, 0.6) is 5.75 Å². The third-order valence-electron chi connectivity index (χ3n) is 7.48. The summed E-state index contributed by atoms with van der Waals surface area (Å²) in [6.45, 7) is 14.7. The Hall–Kier alpha value is -3.86. The van der Waals surface area contributed by atoms with Gasteiger partial charge in [-0.1, -0.05) is 90.9 Å². The van der Waals surface area contributed by atoms with Gasteiger partial charge in [0, 0.05) is 5.69 Å². The molecule has 1 atom stereocenters. The molecule has 5 nitrogen and oxygen atoms in total. The monoisotopic (exact) mass is 525 g/mol. The number of benzene rings is 3. The second-order valence-electron chi connectivity index (χ2n) is 12.2. The number of rotatable bonds is 5. The zero-order chi connectivity index (χ0) is 28.7. The van der Waals surface area contributed by atoms with Crippen molar-refractivity contribution in [1.82, 2.24) is 0 Å². The van der Waals surface area contributed by atoms with Crippen LogP contribution in [0.3, 0.4) is 0 Å². The van der Waals surface area contributed by atoms with Crippen molar-refractivity contribution in [2.24, 2.45) is 0 Å². The number of aryl methyl sites for hydroxylation is 1. The molecule has 0 bridgehead atoms. The number of methoxy groups -OCH3 is 1. The summed E-state index contributed by atoms with van der Waals surface area (Å²) in [7, 11) is 1.53. The Kier molecular flexibility index (Phi) is 7.48. The van der Waals surface area contributed by atoms with E-state index in [2.05, 4.69) is 48.5 Å². The minimum Gasteiger partial charge on any atom is -0.507 e. The molecule has 1 unspecified atom stereocenters. The molecule has 0 aliphatic carbocycles. The average Bonchev–Trinajstić information content (AvgIpc) is 3.17. The third kappa shape index (κ3) is 5.36. The van der Waals surface area contributed by atoms with Crippen LogP contribution in [0.2, 0.25) is 0 Å². The zero-order valence-electron chi connectivity index (χ0n) is 24.3. The van der Waals surface area contributed by atoms with Crippen LogP contribution in [0.1, 0.15) is 82.3 Å². The lowest BCUT2D eigenvalue weighted by molar-refractivity contribution is -0.132. The second-order valence-corrected chi connectivity index (χ2v) is 12.2. The van der Waals surface area contributed by atoms with Gasteiger partial charge in [0.15, 0.2) is 0 Å². The summed E-state index contributed by atoms with van der Waals surface area (Å²) in [5, 5.41) is 11.8. The summed E-state index contributed by atoms with van der Waals surface area (Å²) >= 11 is 0. The lowest BCUT2D eigenvalue weighted by Gasteiger charge is -2.27. The van der Waals surface area contributed by atoms with Gasteiger partial charge in [-0.05, 0) is 63.8 Å². The molecule has 1 fully saturated rings. The van der Waals surface area contributed by atoms with E-state index < -0.39 is 17.7 Å². The molecule has 1 aliphatic rings. The fraction of sp³-hybridized carbons (Fsp3) is 0.353. The summed E-state index contributed by atoms with van der Waals surface area (Å²) in [6, 6.07) is 20.4. The first-order chi connectivity index (χ1) is 18.3. The molecule has 5 heteroatoms. The number of anilines is 1. The Morgan fingerprint density at radius 1 is 0.846 bits per heavy atom. The summed E-state index contributed by atoms with van der Waals surface area (Å²) in [6.07, 6.45) is 0.867. The van der Waals surface area contributed by atoms with E-state index in [1.807, 2.05) is 60.7 Å². The number of Topliss-reactive ketones (excluding diaryl/α,β-unsaturated/α-hetero) is 1. The zero-order valence-corrected chi connectivity index (χ0v) is 24.3. The van der Waals surface area contributed by atoms with Crippen LogP contribution in [0, 0.1) is 0 Å². The largest absolute Gasteiger partial charge is 0.507 e. The fourth-order valence-corrected chi connectivity index (χ4v) is 4.98. The number of carbonyl (C=O) groups excluding carboxylic acids is 2. The first kappa shape index (κ1) is 28.2. The van der Waals surface area contributed by atoms with Crippen LogP contribution in [0.25, 0.3) is 5.76 Å². The number of ether oxygens (including phenoxy) is 1. The van der Waals surface area contributed by atoms with Crippen molar-refractivity contribution in [3.8, 4) is 5.75 Å². The van der Waals surface area contributed by atoms with Gasteiger partial charge in [-0.25, -0.2) is 0 Å². The normalized spacial score (nSPS) is 17.5. The number of nitrogens with zero attached hydrogens (tertiary/aromatic N) is 1. The van der Waals surface area contributed by atoms with Crippen LogP contribution >= 0.6 is 0 Å². The van der Waals surface area contributed by atoms with Gasteiger partial charge in [-0.2, -0.15) is 0 Å². The molecule has 0 saturated carbocycles. The SMILES string of the molecule is CCc1ccc(C2/C(=C(\O)c3cc(C(C)(C)C)ccc3OC)C(=O)C(=O)N2c2ccc(C(C)(C)C)cc2)cc1. The number of aliphatic hydroxyl groups is 1. The molecule has 1 N–H and O–H groups in total. The van der Waals surface area contributed by atoms with Gasteiger partial charge in [-0.3, -0.25) is 14.5 Å². The topological polar surface area (TPSA) is 66.8 Å². The highest BCUT2D eigenvalue weighted by Crippen LogP contribution is 2.44. The van der Waals surface area contributed by atoms with E-state index in [9.17, 15) is 14.7 Å². The lowest BCUT2D eigenvalue weighted by Crippen LogP contribution is -2.29. The minimum atomic E-state index is -0.792.